The summed E-state index contributed by atoms with van der Waals surface area (Å²) in [4.78, 5) is 0. The van der Waals surface area contributed by atoms with Gasteiger partial charge in [0, 0.05) is 6.54 Å². The summed E-state index contributed by atoms with van der Waals surface area (Å²) < 4.78 is 0. The van der Waals surface area contributed by atoms with Crippen LogP contribution in [0.5, 0.6) is 0 Å². The zero-order valence-corrected chi connectivity index (χ0v) is 12.2. The van der Waals surface area contributed by atoms with E-state index in [2.05, 4.69) is 43.6 Å². The van der Waals surface area contributed by atoms with E-state index < -0.39 is 0 Å². The fraction of sp³-hybridized carbons (Fsp3) is 0.600. The Labute approximate surface area is 110 Å². The number of nitrogens with one attached hydrogen (secondary N) is 1. The molecular weight excluding hydrogens is 226 g/mol. The third kappa shape index (κ3) is 6.13. The van der Waals surface area contributed by atoms with Crippen LogP contribution in [-0.2, 0) is 6.54 Å². The number of aryl methyl sites for hydroxylation is 2. The van der Waals surface area contributed by atoms with E-state index in [1.165, 1.54) is 41.7 Å². The first-order valence-electron chi connectivity index (χ1n) is 6.50. The lowest BCUT2D eigenvalue weighted by Gasteiger charge is -2.08. The van der Waals surface area contributed by atoms with Crippen molar-refractivity contribution in [1.29, 1.82) is 0 Å². The molecule has 1 aromatic carbocycles. The Morgan fingerprint density at radius 2 is 1.94 bits per heavy atom. The Morgan fingerprint density at radius 3 is 2.71 bits per heavy atom. The summed E-state index contributed by atoms with van der Waals surface area (Å²) in [5, 5.41) is 3.54. The Morgan fingerprint density at radius 1 is 1.12 bits per heavy atom. The van der Waals surface area contributed by atoms with Gasteiger partial charge in [-0.1, -0.05) is 30.2 Å². The molecule has 1 aromatic rings. The highest BCUT2D eigenvalue weighted by Gasteiger charge is 1.98. The molecule has 17 heavy (non-hydrogen) atoms. The van der Waals surface area contributed by atoms with Crippen molar-refractivity contribution in [2.75, 3.05) is 18.6 Å². The summed E-state index contributed by atoms with van der Waals surface area (Å²) in [5.41, 5.74) is 4.19. The Bertz CT molecular complexity index is 323. The fourth-order valence-electron chi connectivity index (χ4n) is 1.89. The molecule has 0 saturated heterocycles. The maximum absolute atomic E-state index is 3.54. The highest BCUT2D eigenvalue weighted by molar-refractivity contribution is 7.98. The van der Waals surface area contributed by atoms with Crippen LogP contribution in [0.1, 0.15) is 36.0 Å². The Hall–Kier alpha value is -0.470. The molecule has 0 spiro atoms. The molecule has 2 heteroatoms. The molecule has 0 aliphatic carbocycles. The van der Waals surface area contributed by atoms with Gasteiger partial charge in [0.05, 0.1) is 0 Å². The van der Waals surface area contributed by atoms with Crippen LogP contribution >= 0.6 is 11.8 Å². The van der Waals surface area contributed by atoms with Crippen molar-refractivity contribution >= 4 is 11.8 Å². The van der Waals surface area contributed by atoms with Gasteiger partial charge in [-0.25, -0.2) is 0 Å². The van der Waals surface area contributed by atoms with Crippen LogP contribution in [0.15, 0.2) is 18.2 Å². The van der Waals surface area contributed by atoms with Crippen LogP contribution in [-0.4, -0.2) is 18.6 Å². The molecule has 0 heterocycles. The monoisotopic (exact) mass is 251 g/mol. The van der Waals surface area contributed by atoms with Crippen molar-refractivity contribution in [3.05, 3.63) is 34.9 Å². The highest BCUT2D eigenvalue weighted by Crippen LogP contribution is 2.10. The maximum atomic E-state index is 3.54. The molecule has 0 aromatic heterocycles. The van der Waals surface area contributed by atoms with Gasteiger partial charge in [0.1, 0.15) is 0 Å². The molecule has 96 valence electrons. The van der Waals surface area contributed by atoms with Gasteiger partial charge in [-0.15, -0.1) is 0 Å². The lowest BCUT2D eigenvalue weighted by atomic mass is 10.1. The summed E-state index contributed by atoms with van der Waals surface area (Å²) in [6, 6.07) is 6.68. The van der Waals surface area contributed by atoms with Gasteiger partial charge >= 0.3 is 0 Å². The quantitative estimate of drug-likeness (QED) is 0.703. The first-order valence-corrected chi connectivity index (χ1v) is 7.89. The molecule has 0 aliphatic rings. The van der Waals surface area contributed by atoms with Gasteiger partial charge in [-0.3, -0.25) is 0 Å². The van der Waals surface area contributed by atoms with Gasteiger partial charge < -0.3 is 5.32 Å². The molecule has 1 nitrogen and oxygen atoms in total. The molecule has 0 unspecified atom stereocenters. The van der Waals surface area contributed by atoms with Crippen LogP contribution in [0, 0.1) is 13.8 Å². The van der Waals surface area contributed by atoms with E-state index >= 15 is 0 Å². The van der Waals surface area contributed by atoms with Crippen molar-refractivity contribution in [3.8, 4) is 0 Å². The van der Waals surface area contributed by atoms with Gasteiger partial charge in [0.25, 0.3) is 0 Å². The maximum Gasteiger partial charge on any atom is 0.0208 e. The molecule has 0 fully saturated rings. The summed E-state index contributed by atoms with van der Waals surface area (Å²) in [6.07, 6.45) is 6.18. The molecule has 1 N–H and O–H groups in total. The zero-order chi connectivity index (χ0) is 12.5. The summed E-state index contributed by atoms with van der Waals surface area (Å²) in [7, 11) is 0. The first kappa shape index (κ1) is 14.6. The number of benzene rings is 1. The third-order valence-corrected chi connectivity index (χ3v) is 3.72. The molecule has 0 saturated carbocycles. The van der Waals surface area contributed by atoms with Crippen molar-refractivity contribution in [1.82, 2.24) is 5.32 Å². The van der Waals surface area contributed by atoms with Gasteiger partial charge in [0.15, 0.2) is 0 Å². The van der Waals surface area contributed by atoms with Crippen molar-refractivity contribution in [2.45, 2.75) is 39.7 Å². The largest absolute Gasteiger partial charge is 0.313 e. The fourth-order valence-corrected chi connectivity index (χ4v) is 2.38. The lowest BCUT2D eigenvalue weighted by molar-refractivity contribution is 0.617. The lowest BCUT2D eigenvalue weighted by Crippen LogP contribution is -2.15. The molecular formula is C15H25NS. The number of hydrogen-bond acceptors (Lipinski definition) is 2. The van der Waals surface area contributed by atoms with E-state index in [1.807, 2.05) is 11.8 Å². The third-order valence-electron chi connectivity index (χ3n) is 3.02. The minimum absolute atomic E-state index is 1.01. The summed E-state index contributed by atoms with van der Waals surface area (Å²) >= 11 is 1.95. The van der Waals surface area contributed by atoms with Gasteiger partial charge in [0.2, 0.25) is 0 Å². The van der Waals surface area contributed by atoms with Crippen LogP contribution in [0.2, 0.25) is 0 Å². The second kappa shape index (κ2) is 8.60. The van der Waals surface area contributed by atoms with Crippen LogP contribution in [0.4, 0.5) is 0 Å². The van der Waals surface area contributed by atoms with Crippen molar-refractivity contribution < 1.29 is 0 Å². The van der Waals surface area contributed by atoms with Crippen molar-refractivity contribution in [3.63, 3.8) is 0 Å². The summed E-state index contributed by atoms with van der Waals surface area (Å²) in [5.74, 6) is 1.30. The molecule has 0 aliphatic heterocycles. The van der Waals surface area contributed by atoms with Crippen LogP contribution in [0.25, 0.3) is 0 Å². The average Bonchev–Trinajstić information content (AvgIpc) is 2.32. The predicted molar refractivity (Wildman–Crippen MR) is 79.9 cm³/mol. The summed E-state index contributed by atoms with van der Waals surface area (Å²) in [6.45, 7) is 6.50. The van der Waals surface area contributed by atoms with E-state index in [-0.39, 0.29) is 0 Å². The standard InChI is InChI=1S/C15H25NS/c1-13-7-8-14(2)15(11-13)12-16-9-5-4-6-10-17-3/h7-8,11,16H,4-6,9-10,12H2,1-3H3. The number of thioether (sulfide) groups is 1. The first-order chi connectivity index (χ1) is 8.24. The van der Waals surface area contributed by atoms with Gasteiger partial charge in [-0.05, 0) is 56.4 Å². The normalized spacial score (nSPS) is 10.8. The van der Waals surface area contributed by atoms with E-state index in [0.717, 1.165) is 13.1 Å². The second-order valence-electron chi connectivity index (χ2n) is 4.66. The van der Waals surface area contributed by atoms with Crippen LogP contribution in [0.3, 0.4) is 0 Å². The minimum Gasteiger partial charge on any atom is -0.313 e. The topological polar surface area (TPSA) is 12.0 Å². The number of rotatable bonds is 8. The zero-order valence-electron chi connectivity index (χ0n) is 11.4. The number of unbranched alkanes of at least 4 members (excludes halogenated alkanes) is 2. The van der Waals surface area contributed by atoms with E-state index in [4.69, 9.17) is 0 Å². The van der Waals surface area contributed by atoms with E-state index in [1.54, 1.807) is 0 Å². The number of hydrogen-bond donors (Lipinski definition) is 1. The Balaban J connectivity index is 2.15. The smallest absolute Gasteiger partial charge is 0.0208 e. The van der Waals surface area contributed by atoms with E-state index in [9.17, 15) is 0 Å². The molecule has 0 bridgehead atoms. The van der Waals surface area contributed by atoms with Crippen LogP contribution < -0.4 is 5.32 Å². The Kier molecular flexibility index (Phi) is 7.38. The average molecular weight is 251 g/mol. The predicted octanol–water partition coefficient (Wildman–Crippen LogP) is 3.93. The highest BCUT2D eigenvalue weighted by atomic mass is 32.2. The SMILES string of the molecule is CSCCCCCNCc1cc(C)ccc1C. The molecule has 0 atom stereocenters. The molecule has 0 amide bonds. The molecule has 0 radical (unpaired) electrons. The van der Waals surface area contributed by atoms with Gasteiger partial charge in [-0.2, -0.15) is 11.8 Å². The minimum atomic E-state index is 1.01. The van der Waals surface area contributed by atoms with E-state index in [0.29, 0.717) is 0 Å². The molecule has 1 rings (SSSR count). The second-order valence-corrected chi connectivity index (χ2v) is 5.65. The van der Waals surface area contributed by atoms with Crippen molar-refractivity contribution in [2.24, 2.45) is 0 Å².